The molecular weight excluding hydrogens is 922 g/mol. The minimum Gasteiger partial charge on any atom is -0.495 e. The first-order valence-electron chi connectivity index (χ1n) is 23.2. The van der Waals surface area contributed by atoms with E-state index in [0.717, 1.165) is 24.0 Å². The second-order valence-corrected chi connectivity index (χ2v) is 20.6. The van der Waals surface area contributed by atoms with Crippen molar-refractivity contribution >= 4 is 70.6 Å². The summed E-state index contributed by atoms with van der Waals surface area (Å²) in [6, 6.07) is 2.43. The van der Waals surface area contributed by atoms with Crippen LogP contribution in [-0.2, 0) is 54.1 Å². The zero-order valence-electron chi connectivity index (χ0n) is 40.3. The number of aliphatic hydroxyl groups is 1. The standard InChI is InChI=1S/C48H66ClN5O13S/c1-26-11-10-12-36(64-9)48(62)24-34(65-46(61)51-48)27(2)42-47(4,67-42)37(23-39(56)53(7)32-20-30(19-26)21-33(63-8)41(32)49)66-45(60)28(3)52(6)38(55)17-18-68-35-22-40(57)54(44(35)59)25-29-13-15-31(16-14-29)43(58)50-5/h10-12,20-21,27-29,31,34-37,42,62H,13-19,22-25H2,1-9H3,(H,50,58)(H,51,61)/b12-10+,26-11+/t27-,28+,29?,31?,34?,35?,36-,37+,42+,47?,48+/m1/s1. The first-order chi connectivity index (χ1) is 32.1. The van der Waals surface area contributed by atoms with Crippen molar-refractivity contribution in [1.29, 1.82) is 0 Å². The smallest absolute Gasteiger partial charge is 0.409 e. The number of rotatable bonds is 12. The van der Waals surface area contributed by atoms with Gasteiger partial charge in [0.25, 0.3) is 0 Å². The molecule has 3 saturated heterocycles. The van der Waals surface area contributed by atoms with Crippen LogP contribution in [0.5, 0.6) is 5.75 Å². The van der Waals surface area contributed by atoms with Crippen molar-refractivity contribution in [1.82, 2.24) is 20.4 Å². The highest BCUT2D eigenvalue weighted by molar-refractivity contribution is 8.00. The number of fused-ring (bicyclic) bond motifs is 5. The Bertz CT molecular complexity index is 2180. The van der Waals surface area contributed by atoms with Gasteiger partial charge in [0.05, 0.1) is 30.6 Å². The summed E-state index contributed by atoms with van der Waals surface area (Å²) in [5, 5.41) is 16.6. The van der Waals surface area contributed by atoms with Crippen LogP contribution in [0, 0.1) is 17.8 Å². The number of amides is 6. The van der Waals surface area contributed by atoms with Crippen LogP contribution < -0.4 is 20.3 Å². The predicted octanol–water partition coefficient (Wildman–Crippen LogP) is 4.32. The number of allylic oxidation sites excluding steroid dienone is 3. The van der Waals surface area contributed by atoms with Crippen LogP contribution in [-0.4, -0.2) is 151 Å². The van der Waals surface area contributed by atoms with E-state index in [4.69, 9.17) is 35.3 Å². The molecule has 1 saturated carbocycles. The van der Waals surface area contributed by atoms with Crippen molar-refractivity contribution in [2.45, 2.75) is 133 Å². The number of methoxy groups -OCH3 is 2. The van der Waals surface area contributed by atoms with Gasteiger partial charge in [-0.25, -0.2) is 9.59 Å². The number of anilines is 1. The maximum absolute atomic E-state index is 14.3. The van der Waals surface area contributed by atoms with Gasteiger partial charge in [-0.1, -0.05) is 42.3 Å². The first kappa shape index (κ1) is 52.7. The van der Waals surface area contributed by atoms with E-state index in [-0.39, 0.29) is 66.0 Å². The van der Waals surface area contributed by atoms with Crippen LogP contribution in [0.2, 0.25) is 5.02 Å². The van der Waals surface area contributed by atoms with Crippen LogP contribution in [0.1, 0.15) is 84.6 Å². The van der Waals surface area contributed by atoms with Gasteiger partial charge in [0.1, 0.15) is 40.7 Å². The molecule has 68 heavy (non-hydrogen) atoms. The van der Waals surface area contributed by atoms with Gasteiger partial charge >= 0.3 is 12.1 Å². The lowest BCUT2D eigenvalue weighted by atomic mass is 9.81. The Morgan fingerprint density at radius 2 is 1.81 bits per heavy atom. The summed E-state index contributed by atoms with van der Waals surface area (Å²) in [5.74, 6) is -2.17. The Labute approximate surface area is 407 Å². The number of hydrogen-bond donors (Lipinski definition) is 3. The summed E-state index contributed by atoms with van der Waals surface area (Å²) in [7, 11) is 7.52. The molecule has 6 rings (SSSR count). The molecule has 4 heterocycles. The number of nitrogens with zero attached hydrogens (tertiary/aromatic N) is 3. The van der Waals surface area contributed by atoms with Gasteiger partial charge in [-0.05, 0) is 76.5 Å². The molecule has 5 aliphatic rings. The topological polar surface area (TPSA) is 223 Å². The number of halogens is 1. The zero-order valence-corrected chi connectivity index (χ0v) is 41.9. The molecule has 0 radical (unpaired) electrons. The number of esters is 1. The fourth-order valence-electron chi connectivity index (χ4n) is 9.73. The van der Waals surface area contributed by atoms with Gasteiger partial charge in [-0.2, -0.15) is 0 Å². The molecule has 6 amide bonds. The molecule has 1 aliphatic carbocycles. The minimum atomic E-state index is -1.87. The number of alkyl carbamates (subject to hydrolysis) is 1. The van der Waals surface area contributed by atoms with Crippen molar-refractivity contribution in [3.8, 4) is 5.75 Å². The molecule has 1 aromatic carbocycles. The highest BCUT2D eigenvalue weighted by Crippen LogP contribution is 2.49. The number of hydrogen-bond acceptors (Lipinski definition) is 14. The minimum absolute atomic E-state index is 0.0137. The van der Waals surface area contributed by atoms with Crippen molar-refractivity contribution in [2.24, 2.45) is 17.8 Å². The van der Waals surface area contributed by atoms with Crippen LogP contribution >= 0.6 is 23.4 Å². The maximum Gasteiger partial charge on any atom is 0.409 e. The molecule has 0 aromatic heterocycles. The summed E-state index contributed by atoms with van der Waals surface area (Å²) in [4.78, 5) is 97.2. The molecule has 0 spiro atoms. The Hall–Kier alpha value is -4.69. The lowest BCUT2D eigenvalue weighted by molar-refractivity contribution is -0.162. The molecule has 18 nitrogen and oxygen atoms in total. The average Bonchev–Trinajstić information content (AvgIpc) is 3.94. The van der Waals surface area contributed by atoms with Crippen molar-refractivity contribution < 1.29 is 62.4 Å². The van der Waals surface area contributed by atoms with Crippen LogP contribution in [0.3, 0.4) is 0 Å². The second-order valence-electron chi connectivity index (χ2n) is 18.9. The molecule has 4 aliphatic heterocycles. The molecule has 4 bridgehead atoms. The summed E-state index contributed by atoms with van der Waals surface area (Å²) in [6.45, 7) is 7.19. The largest absolute Gasteiger partial charge is 0.495 e. The predicted molar refractivity (Wildman–Crippen MR) is 253 cm³/mol. The quantitative estimate of drug-likeness (QED) is 0.151. The van der Waals surface area contributed by atoms with Crippen molar-refractivity contribution in [3.05, 3.63) is 46.5 Å². The van der Waals surface area contributed by atoms with E-state index in [1.54, 1.807) is 52.2 Å². The highest BCUT2D eigenvalue weighted by atomic mass is 35.5. The molecule has 4 fully saturated rings. The number of carbonyl (C=O) groups is 7. The molecule has 9 atom stereocenters. The van der Waals surface area contributed by atoms with Gasteiger partial charge in [-0.15, -0.1) is 11.8 Å². The summed E-state index contributed by atoms with van der Waals surface area (Å²) >= 11 is 8.03. The number of likely N-dealkylation sites (tertiary alicyclic amines) is 1. The molecule has 1 aromatic rings. The number of likely N-dealkylation sites (N-methyl/N-ethyl adjacent to an activating group) is 1. The third kappa shape index (κ3) is 11.7. The van der Waals surface area contributed by atoms with E-state index in [9.17, 15) is 38.7 Å². The molecule has 20 heteroatoms. The SMILES string of the molecule is CNC(=O)C1CCC(CN2C(=O)CC(SCCC(=O)N(C)[C@@H](C)C(=O)O[C@H]3CC(=O)N(C)c4cc(cc(OC)c4Cl)C/C(C)=C/C=C/[C@@H](OC)[C@@]4(O)CC(OC(=O)N4)[C@@H](C)[C@@H]4OC34C)C2=O)CC1. The summed E-state index contributed by atoms with van der Waals surface area (Å²) in [6.07, 6.45) is 3.39. The molecule has 3 unspecified atom stereocenters. The van der Waals surface area contributed by atoms with E-state index in [2.05, 4.69) is 10.6 Å². The number of carbonyl (C=O) groups excluding carboxylic acids is 7. The Balaban J connectivity index is 1.15. The van der Waals surface area contributed by atoms with Crippen LogP contribution in [0.25, 0.3) is 0 Å². The lowest BCUT2D eigenvalue weighted by Gasteiger charge is -2.42. The Morgan fingerprint density at radius 1 is 1.10 bits per heavy atom. The average molecular weight is 989 g/mol. The number of nitrogens with one attached hydrogen (secondary N) is 2. The number of imide groups is 1. The van der Waals surface area contributed by atoms with E-state index < -0.39 is 76.8 Å². The van der Waals surface area contributed by atoms with Crippen LogP contribution in [0.15, 0.2) is 35.9 Å². The van der Waals surface area contributed by atoms with Gasteiger partial charge in [-0.3, -0.25) is 34.2 Å². The molecule has 374 valence electrons. The molecular formula is C48H66ClN5O13S. The van der Waals surface area contributed by atoms with Crippen LogP contribution in [0.4, 0.5) is 10.5 Å². The third-order valence-corrected chi connectivity index (χ3v) is 15.9. The maximum atomic E-state index is 14.3. The number of thioether (sulfide) groups is 1. The van der Waals surface area contributed by atoms with Gasteiger partial charge in [0.15, 0.2) is 5.72 Å². The van der Waals surface area contributed by atoms with Gasteiger partial charge in [0.2, 0.25) is 29.5 Å². The monoisotopic (exact) mass is 987 g/mol. The Kier molecular flexibility index (Phi) is 17.0. The highest BCUT2D eigenvalue weighted by Gasteiger charge is 2.64. The molecule has 3 N–H and O–H groups in total. The third-order valence-electron chi connectivity index (χ3n) is 14.3. The van der Waals surface area contributed by atoms with E-state index in [0.29, 0.717) is 37.2 Å². The first-order valence-corrected chi connectivity index (χ1v) is 24.6. The van der Waals surface area contributed by atoms with E-state index in [1.807, 2.05) is 13.0 Å². The lowest BCUT2D eigenvalue weighted by Crippen LogP contribution is -2.63. The fraction of sp³-hybridized carbons (Fsp3) is 0.646. The summed E-state index contributed by atoms with van der Waals surface area (Å²) in [5.41, 5.74) is -1.14. The fourth-order valence-corrected chi connectivity index (χ4v) is 11.1. The van der Waals surface area contributed by atoms with E-state index >= 15 is 0 Å². The summed E-state index contributed by atoms with van der Waals surface area (Å²) < 4.78 is 29.4. The van der Waals surface area contributed by atoms with E-state index in [1.165, 1.54) is 54.7 Å². The number of epoxide rings is 1. The normalized spacial score (nSPS) is 32.7. The van der Waals surface area contributed by atoms with Gasteiger partial charge < -0.3 is 43.9 Å². The zero-order chi connectivity index (χ0) is 49.8. The number of benzene rings is 1. The number of ether oxygens (including phenoxy) is 5. The van der Waals surface area contributed by atoms with Gasteiger partial charge in [0, 0.05) is 71.6 Å². The van der Waals surface area contributed by atoms with Crippen molar-refractivity contribution in [2.75, 3.05) is 52.6 Å². The Morgan fingerprint density at radius 3 is 2.47 bits per heavy atom. The second kappa shape index (κ2) is 21.9. The van der Waals surface area contributed by atoms with Crippen molar-refractivity contribution in [3.63, 3.8) is 0 Å².